The van der Waals surface area contributed by atoms with Crippen LogP contribution < -0.4 is 0 Å². The molecule has 0 N–H and O–H groups in total. The van der Waals surface area contributed by atoms with Crippen molar-refractivity contribution in [2.24, 2.45) is 5.92 Å². The summed E-state index contributed by atoms with van der Waals surface area (Å²) in [6.45, 7) is 5.13. The Morgan fingerprint density at radius 1 is 1.30 bits per heavy atom. The van der Waals surface area contributed by atoms with Gasteiger partial charge in [-0.05, 0) is 43.9 Å². The van der Waals surface area contributed by atoms with Gasteiger partial charge in [-0.3, -0.25) is 9.59 Å². The van der Waals surface area contributed by atoms with Crippen LogP contribution in [0.2, 0.25) is 0 Å². The second kappa shape index (κ2) is 6.07. The molecule has 1 aliphatic heterocycles. The number of amides is 1. The van der Waals surface area contributed by atoms with Crippen LogP contribution in [0.15, 0.2) is 18.2 Å². The average Bonchev–Trinajstić information content (AvgIpc) is 2.48. The number of hydrogen-bond acceptors (Lipinski definition) is 3. The first-order valence-corrected chi connectivity index (χ1v) is 6.98. The predicted octanol–water partition coefficient (Wildman–Crippen LogP) is 2.33. The molecule has 1 saturated heterocycles. The van der Waals surface area contributed by atoms with E-state index in [1.165, 1.54) is 7.11 Å². The monoisotopic (exact) mass is 275 g/mol. The van der Waals surface area contributed by atoms with E-state index in [4.69, 9.17) is 4.74 Å². The van der Waals surface area contributed by atoms with Crippen LogP contribution in [0.5, 0.6) is 0 Å². The molecule has 1 atom stereocenters. The van der Waals surface area contributed by atoms with Crippen molar-refractivity contribution < 1.29 is 14.3 Å². The fourth-order valence-electron chi connectivity index (χ4n) is 2.67. The molecule has 1 fully saturated rings. The summed E-state index contributed by atoms with van der Waals surface area (Å²) >= 11 is 0. The smallest absolute Gasteiger partial charge is 0.310 e. The van der Waals surface area contributed by atoms with Crippen molar-refractivity contribution in [1.82, 2.24) is 4.90 Å². The molecule has 4 heteroatoms. The van der Waals surface area contributed by atoms with Gasteiger partial charge in [0.25, 0.3) is 5.91 Å². The van der Waals surface area contributed by atoms with Crippen LogP contribution in [-0.2, 0) is 9.53 Å². The van der Waals surface area contributed by atoms with Crippen molar-refractivity contribution in [3.63, 3.8) is 0 Å². The minimum atomic E-state index is -0.219. The van der Waals surface area contributed by atoms with E-state index in [2.05, 4.69) is 0 Å². The van der Waals surface area contributed by atoms with Gasteiger partial charge in [0.1, 0.15) is 0 Å². The lowest BCUT2D eigenvalue weighted by molar-refractivity contribution is -0.146. The van der Waals surface area contributed by atoms with Gasteiger partial charge in [0, 0.05) is 18.7 Å². The lowest BCUT2D eigenvalue weighted by atomic mass is 9.96. The fourth-order valence-corrected chi connectivity index (χ4v) is 2.67. The molecule has 0 aliphatic carbocycles. The first-order valence-electron chi connectivity index (χ1n) is 6.98. The van der Waals surface area contributed by atoms with Gasteiger partial charge in [0.05, 0.1) is 13.0 Å². The topological polar surface area (TPSA) is 46.6 Å². The molecule has 0 saturated carbocycles. The van der Waals surface area contributed by atoms with E-state index < -0.39 is 0 Å². The summed E-state index contributed by atoms with van der Waals surface area (Å²) in [5.74, 6) is -0.397. The Bertz CT molecular complexity index is 524. The molecule has 0 unspecified atom stereocenters. The minimum absolute atomic E-state index is 0.0137. The summed E-state index contributed by atoms with van der Waals surface area (Å²) in [6.07, 6.45) is 1.64. The molecule has 1 aromatic rings. The highest BCUT2D eigenvalue weighted by Gasteiger charge is 2.29. The van der Waals surface area contributed by atoms with Gasteiger partial charge in [-0.15, -0.1) is 0 Å². The number of piperidine rings is 1. The Balaban J connectivity index is 2.16. The van der Waals surface area contributed by atoms with Gasteiger partial charge in [0.15, 0.2) is 0 Å². The molecule has 108 valence electrons. The van der Waals surface area contributed by atoms with Gasteiger partial charge >= 0.3 is 5.97 Å². The molecule has 0 radical (unpaired) electrons. The fraction of sp³-hybridized carbons (Fsp3) is 0.500. The second-order valence-corrected chi connectivity index (χ2v) is 5.36. The predicted molar refractivity (Wildman–Crippen MR) is 76.6 cm³/mol. The van der Waals surface area contributed by atoms with E-state index in [0.717, 1.165) is 29.5 Å². The van der Waals surface area contributed by atoms with E-state index in [-0.39, 0.29) is 17.8 Å². The third-order valence-corrected chi connectivity index (χ3v) is 4.08. The van der Waals surface area contributed by atoms with Crippen LogP contribution in [0.25, 0.3) is 0 Å². The molecule has 2 rings (SSSR count). The van der Waals surface area contributed by atoms with Gasteiger partial charge in [-0.2, -0.15) is 0 Å². The first kappa shape index (κ1) is 14.6. The Hall–Kier alpha value is -1.84. The van der Waals surface area contributed by atoms with E-state index in [1.807, 2.05) is 32.0 Å². The summed E-state index contributed by atoms with van der Waals surface area (Å²) in [4.78, 5) is 26.0. The summed E-state index contributed by atoms with van der Waals surface area (Å²) in [6, 6.07) is 5.75. The number of aryl methyl sites for hydroxylation is 1. The van der Waals surface area contributed by atoms with Crippen molar-refractivity contribution in [1.29, 1.82) is 0 Å². The maximum Gasteiger partial charge on any atom is 0.310 e. The molecule has 0 aromatic heterocycles. The molecular formula is C16H21NO3. The van der Waals surface area contributed by atoms with Crippen molar-refractivity contribution in [3.05, 3.63) is 34.9 Å². The van der Waals surface area contributed by atoms with Crippen LogP contribution in [0.3, 0.4) is 0 Å². The van der Waals surface area contributed by atoms with Gasteiger partial charge < -0.3 is 9.64 Å². The Morgan fingerprint density at radius 3 is 2.75 bits per heavy atom. The standard InChI is InChI=1S/C16H21NO3/c1-11-6-4-8-14(12(11)2)15(18)17-9-5-7-13(10-17)16(19)20-3/h4,6,8,13H,5,7,9-10H2,1-3H3/t13-/m0/s1. The Labute approximate surface area is 119 Å². The number of nitrogens with zero attached hydrogens (tertiary/aromatic N) is 1. The van der Waals surface area contributed by atoms with Crippen LogP contribution >= 0.6 is 0 Å². The van der Waals surface area contributed by atoms with E-state index in [1.54, 1.807) is 4.90 Å². The SMILES string of the molecule is COC(=O)[C@H]1CCCN(C(=O)c2cccc(C)c2C)C1. The summed E-state index contributed by atoms with van der Waals surface area (Å²) < 4.78 is 4.79. The second-order valence-electron chi connectivity index (χ2n) is 5.36. The van der Waals surface area contributed by atoms with Crippen molar-refractivity contribution in [3.8, 4) is 0 Å². The number of benzene rings is 1. The molecule has 1 aliphatic rings. The molecule has 1 aromatic carbocycles. The number of ether oxygens (including phenoxy) is 1. The van der Waals surface area contributed by atoms with E-state index in [9.17, 15) is 9.59 Å². The summed E-state index contributed by atoms with van der Waals surface area (Å²) in [5.41, 5.74) is 2.85. The number of carbonyl (C=O) groups is 2. The lowest BCUT2D eigenvalue weighted by Crippen LogP contribution is -2.42. The molecular weight excluding hydrogens is 254 g/mol. The molecule has 1 amide bonds. The number of likely N-dealkylation sites (tertiary alicyclic amines) is 1. The maximum absolute atomic E-state index is 12.6. The third-order valence-electron chi connectivity index (χ3n) is 4.08. The highest BCUT2D eigenvalue weighted by molar-refractivity contribution is 5.96. The molecule has 4 nitrogen and oxygen atoms in total. The average molecular weight is 275 g/mol. The molecule has 0 spiro atoms. The Morgan fingerprint density at radius 2 is 2.05 bits per heavy atom. The largest absolute Gasteiger partial charge is 0.469 e. The third kappa shape index (κ3) is 2.84. The van der Waals surface area contributed by atoms with Crippen molar-refractivity contribution in [2.75, 3.05) is 20.2 Å². The zero-order valence-electron chi connectivity index (χ0n) is 12.3. The Kier molecular flexibility index (Phi) is 4.42. The molecule has 1 heterocycles. The molecule has 0 bridgehead atoms. The number of esters is 1. The number of methoxy groups -OCH3 is 1. The van der Waals surface area contributed by atoms with Crippen LogP contribution in [0.1, 0.15) is 34.3 Å². The molecule has 20 heavy (non-hydrogen) atoms. The van der Waals surface area contributed by atoms with Crippen LogP contribution in [0, 0.1) is 19.8 Å². The zero-order chi connectivity index (χ0) is 14.7. The number of carbonyl (C=O) groups excluding carboxylic acids is 2. The minimum Gasteiger partial charge on any atom is -0.469 e. The number of rotatable bonds is 2. The van der Waals surface area contributed by atoms with E-state index in [0.29, 0.717) is 13.1 Å². The van der Waals surface area contributed by atoms with Crippen LogP contribution in [-0.4, -0.2) is 37.0 Å². The van der Waals surface area contributed by atoms with Crippen LogP contribution in [0.4, 0.5) is 0 Å². The highest BCUT2D eigenvalue weighted by atomic mass is 16.5. The van der Waals surface area contributed by atoms with Gasteiger partial charge in [-0.25, -0.2) is 0 Å². The lowest BCUT2D eigenvalue weighted by Gasteiger charge is -2.31. The maximum atomic E-state index is 12.6. The van der Waals surface area contributed by atoms with Gasteiger partial charge in [-0.1, -0.05) is 12.1 Å². The van der Waals surface area contributed by atoms with Crippen molar-refractivity contribution in [2.45, 2.75) is 26.7 Å². The van der Waals surface area contributed by atoms with Gasteiger partial charge in [0.2, 0.25) is 0 Å². The zero-order valence-corrected chi connectivity index (χ0v) is 12.3. The summed E-state index contributed by atoms with van der Waals surface area (Å²) in [7, 11) is 1.40. The summed E-state index contributed by atoms with van der Waals surface area (Å²) in [5, 5.41) is 0. The first-order chi connectivity index (χ1) is 9.54. The highest BCUT2D eigenvalue weighted by Crippen LogP contribution is 2.21. The number of hydrogen-bond donors (Lipinski definition) is 0. The normalized spacial score (nSPS) is 18.8. The quantitative estimate of drug-likeness (QED) is 0.778. The van der Waals surface area contributed by atoms with E-state index >= 15 is 0 Å². The van der Waals surface area contributed by atoms with Crippen molar-refractivity contribution >= 4 is 11.9 Å².